The first-order valence-electron chi connectivity index (χ1n) is 43.0. The fourth-order valence-corrected chi connectivity index (χ4v) is 18.2. The van der Waals surface area contributed by atoms with E-state index in [1.165, 1.54) is 133 Å². The molecule has 123 heavy (non-hydrogen) atoms. The molecule has 1 radical (unpaired) electrons. The van der Waals surface area contributed by atoms with Crippen molar-refractivity contribution in [3.63, 3.8) is 0 Å². The maximum Gasteiger partial charge on any atom is 0.119 e. The Kier molecular flexibility index (Phi) is 21.6. The Morgan fingerprint density at radius 2 is 0.707 bits per heavy atom. The number of hydrogen-bond donors (Lipinski definition) is 0. The molecule has 605 valence electrons. The van der Waals surface area contributed by atoms with Crippen molar-refractivity contribution >= 4 is 142 Å². The molecule has 10 aromatic heterocycles. The Hall–Kier alpha value is -13.8. The molecule has 0 saturated carbocycles. The predicted octanol–water partition coefficient (Wildman–Crippen LogP) is 28.3. The molecule has 0 saturated heterocycles. The molecule has 0 N–H and O–H groups in total. The van der Waals surface area contributed by atoms with Crippen LogP contribution in [0.5, 0.6) is 5.75 Å². The molecule has 23 aromatic rings. The van der Waals surface area contributed by atoms with Crippen LogP contribution < -0.4 is 4.74 Å². The molecule has 0 aliphatic rings. The second-order valence-corrected chi connectivity index (χ2v) is 33.0. The standard InChI is InChI=1S/C41H34N2.C33H28N4.C21H21N2O.C16H11N2.Ir/c1-3-28(2)24-29-12-10-14-32(25-29)42-40-21-9-6-18-36(40)37-27-31(22-23-41(37)42)30-13-11-15-33(26-30)43-38-19-7-4-16-34(38)35-17-5-8-20-39(35)43;1-3-22(2)18-23-19-24(36-28-12-6-4-10-26(28)32-30(36)14-8-16-34-32)21-25(20-23)37-29-13-7-5-11-27(29)33-31(37)15-9-17-35-33;1-4-14(2)13-24-16-9-10-20-19(11-16)17-7-5-6-8-18(17)21-22-15(3)12-23(20)21;1-11-10-18-15-9-5-4-7-13(15)12-6-2-3-8-14(12)16(18)17-11;/h4-23,25-28H,3,24H2,1-2H3;4-17,19-22H,3,18H2,1-2H3;5-7,9-12,14H,4,13H2,1-3H3;2-7,9-10H,1H3;/q;;2*-1;. The van der Waals surface area contributed by atoms with Crippen LogP contribution in [0.15, 0.2) is 334 Å². The molecule has 3 atom stereocenters. The number of rotatable bonds is 15. The molecule has 0 aliphatic carbocycles. The fraction of sp³-hybridized carbons (Fsp3) is 0.153. The smallest absolute Gasteiger partial charge is 0.119 e. The number of fused-ring (bicyclic) bond motifs is 24. The zero-order valence-electron chi connectivity index (χ0n) is 70.4. The maximum atomic E-state index is 6.00. The van der Waals surface area contributed by atoms with Gasteiger partial charge >= 0.3 is 0 Å². The summed E-state index contributed by atoms with van der Waals surface area (Å²) < 4.78 is 19.9. The van der Waals surface area contributed by atoms with Crippen molar-refractivity contribution in [1.29, 1.82) is 0 Å². The second kappa shape index (κ2) is 33.7. The average molecular weight is 1780 g/mol. The van der Waals surface area contributed by atoms with Crippen molar-refractivity contribution in [2.75, 3.05) is 6.61 Å². The van der Waals surface area contributed by atoms with Crippen LogP contribution in [0.1, 0.15) is 83.3 Å². The molecule has 10 heterocycles. The molecule has 0 amide bonds. The van der Waals surface area contributed by atoms with Crippen LogP contribution in [0.4, 0.5) is 0 Å². The van der Waals surface area contributed by atoms with Gasteiger partial charge in [0.05, 0.1) is 73.1 Å². The summed E-state index contributed by atoms with van der Waals surface area (Å²) in [6.07, 6.45) is 13.5. The van der Waals surface area contributed by atoms with Crippen LogP contribution in [0, 0.1) is 43.7 Å². The van der Waals surface area contributed by atoms with Crippen molar-refractivity contribution in [1.82, 2.24) is 47.0 Å². The van der Waals surface area contributed by atoms with Gasteiger partial charge in [0.2, 0.25) is 0 Å². The van der Waals surface area contributed by atoms with E-state index in [1.807, 2.05) is 62.6 Å². The van der Waals surface area contributed by atoms with E-state index in [9.17, 15) is 0 Å². The summed E-state index contributed by atoms with van der Waals surface area (Å²) in [6.45, 7) is 18.4. The molecule has 11 nitrogen and oxygen atoms in total. The van der Waals surface area contributed by atoms with Crippen molar-refractivity contribution < 1.29 is 24.8 Å². The largest absolute Gasteiger partial charge is 0.493 e. The summed E-state index contributed by atoms with van der Waals surface area (Å²) >= 11 is 0. The van der Waals surface area contributed by atoms with Gasteiger partial charge in [0, 0.05) is 122 Å². The SMILES string of the molecule is CCC(C)COc1ccc2c(c1)c1ccc[c-]c1c1nc(C)cn21.CCC(C)Cc1cc(-n2c3ccccc3c3ncccc32)cc(-n2c3ccccc3c3ncccc32)c1.CCC(C)Cc1cccc(-n2c3ccccc3c3cc(-c4cccc(-n5c6ccccc6c6ccccc65)c4)ccc32)c1.Cc1cn2c3ccccc3c3ccc[c-]c3c2n1.[Ir]. The summed E-state index contributed by atoms with van der Waals surface area (Å²) in [4.78, 5) is 18.8. The molecule has 12 heteroatoms. The second-order valence-electron chi connectivity index (χ2n) is 33.0. The van der Waals surface area contributed by atoms with Gasteiger partial charge in [-0.3, -0.25) is 19.9 Å². The quantitative estimate of drug-likeness (QED) is 0.0754. The fourth-order valence-electron chi connectivity index (χ4n) is 18.2. The minimum absolute atomic E-state index is 0. The van der Waals surface area contributed by atoms with E-state index >= 15 is 0 Å². The number of nitrogens with zero attached hydrogens (tertiary/aromatic N) is 10. The molecule has 0 spiro atoms. The number of aryl methyl sites for hydroxylation is 2. The number of para-hydroxylation sites is 6. The number of hydrogen-bond acceptors (Lipinski definition) is 5. The van der Waals surface area contributed by atoms with E-state index in [1.54, 1.807) is 0 Å². The molecule has 3 unspecified atom stereocenters. The van der Waals surface area contributed by atoms with E-state index < -0.39 is 0 Å². The Morgan fingerprint density at radius 3 is 1.24 bits per heavy atom. The third-order valence-corrected chi connectivity index (χ3v) is 24.8. The van der Waals surface area contributed by atoms with Crippen LogP contribution in [0.3, 0.4) is 0 Å². The predicted molar refractivity (Wildman–Crippen MR) is 510 cm³/mol. The number of pyridine rings is 4. The molecule has 23 rings (SSSR count). The van der Waals surface area contributed by atoms with E-state index in [4.69, 9.17) is 14.7 Å². The third-order valence-electron chi connectivity index (χ3n) is 24.8. The Morgan fingerprint density at radius 1 is 0.317 bits per heavy atom. The van der Waals surface area contributed by atoms with Gasteiger partial charge in [-0.2, -0.15) is 0 Å². The zero-order valence-corrected chi connectivity index (χ0v) is 72.8. The first kappa shape index (κ1) is 79.0. The van der Waals surface area contributed by atoms with Gasteiger partial charge in [-0.25, -0.2) is 0 Å². The third kappa shape index (κ3) is 14.6. The van der Waals surface area contributed by atoms with Gasteiger partial charge in [-0.15, -0.1) is 59.3 Å². The minimum atomic E-state index is 0. The monoisotopic (exact) mass is 1780 g/mol. The van der Waals surface area contributed by atoms with Crippen LogP contribution in [-0.4, -0.2) is 53.6 Å². The van der Waals surface area contributed by atoms with Crippen LogP contribution in [0.2, 0.25) is 0 Å². The maximum absolute atomic E-state index is 6.00. The van der Waals surface area contributed by atoms with Crippen molar-refractivity contribution in [3.05, 3.63) is 369 Å². The first-order chi connectivity index (χ1) is 59.9. The average Bonchev–Trinajstić information content (AvgIpc) is 1.61. The number of benzene rings is 13. The molecule has 0 fully saturated rings. The summed E-state index contributed by atoms with van der Waals surface area (Å²) in [5.41, 5.74) is 27.8. The first-order valence-corrected chi connectivity index (χ1v) is 43.0. The molecule has 0 aliphatic heterocycles. The van der Waals surface area contributed by atoms with E-state index in [-0.39, 0.29) is 20.1 Å². The molecular weight excluding hydrogens is 1680 g/mol. The Bertz CT molecular complexity index is 7560. The van der Waals surface area contributed by atoms with Gasteiger partial charge in [-0.05, 0) is 211 Å². The summed E-state index contributed by atoms with van der Waals surface area (Å²) in [5, 5.41) is 14.4. The van der Waals surface area contributed by atoms with Crippen molar-refractivity contribution in [2.24, 2.45) is 17.8 Å². The van der Waals surface area contributed by atoms with E-state index in [0.29, 0.717) is 17.8 Å². The normalized spacial score (nSPS) is 12.4. The number of aromatic nitrogens is 10. The van der Waals surface area contributed by atoms with E-state index in [0.717, 1.165) is 110 Å². The van der Waals surface area contributed by atoms with Gasteiger partial charge in [0.25, 0.3) is 0 Å². The zero-order chi connectivity index (χ0) is 82.6. The number of ether oxygens (including phenoxy) is 1. The van der Waals surface area contributed by atoms with E-state index in [2.05, 4.69) is 376 Å². The van der Waals surface area contributed by atoms with Gasteiger partial charge in [0.15, 0.2) is 0 Å². The van der Waals surface area contributed by atoms with Gasteiger partial charge < -0.3 is 31.8 Å². The van der Waals surface area contributed by atoms with Gasteiger partial charge in [-0.1, -0.05) is 211 Å². The van der Waals surface area contributed by atoms with Crippen molar-refractivity contribution in [3.8, 4) is 39.6 Å². The molecule has 0 bridgehead atoms. The molecule has 13 aromatic carbocycles. The Labute approximate surface area is 729 Å². The Balaban J connectivity index is 0.000000113. The van der Waals surface area contributed by atoms with Crippen LogP contribution >= 0.6 is 0 Å². The molecular formula is C111H94IrN10O-2. The van der Waals surface area contributed by atoms with Gasteiger partial charge in [0.1, 0.15) is 5.75 Å². The summed E-state index contributed by atoms with van der Waals surface area (Å²) in [5.74, 6) is 2.76. The van der Waals surface area contributed by atoms with Crippen molar-refractivity contribution in [2.45, 2.75) is 87.5 Å². The van der Waals surface area contributed by atoms with Crippen LogP contribution in [-0.2, 0) is 32.9 Å². The number of imidazole rings is 2. The topological polar surface area (TPSA) is 89.3 Å². The summed E-state index contributed by atoms with van der Waals surface area (Å²) in [7, 11) is 0. The van der Waals surface area contributed by atoms with Crippen LogP contribution in [0.25, 0.3) is 176 Å². The minimum Gasteiger partial charge on any atom is -0.493 e. The summed E-state index contributed by atoms with van der Waals surface area (Å²) in [6, 6.07) is 117.